The van der Waals surface area contributed by atoms with Crippen molar-refractivity contribution in [2.24, 2.45) is 0 Å². The van der Waals surface area contributed by atoms with Crippen molar-refractivity contribution in [3.8, 4) is 6.07 Å². The molecule has 1 aromatic carbocycles. The number of rotatable bonds is 8. The fourth-order valence-electron chi connectivity index (χ4n) is 4.42. The van der Waals surface area contributed by atoms with E-state index < -0.39 is 61.9 Å². The predicted molar refractivity (Wildman–Crippen MR) is 135 cm³/mol. The summed E-state index contributed by atoms with van der Waals surface area (Å²) in [4.78, 5) is 27.8. The summed E-state index contributed by atoms with van der Waals surface area (Å²) in [5.74, 6) is -4.78. The fourth-order valence-corrected chi connectivity index (χ4v) is 4.42. The van der Waals surface area contributed by atoms with E-state index in [0.717, 1.165) is 10.5 Å². The quantitative estimate of drug-likeness (QED) is 0.263. The Morgan fingerprint density at radius 1 is 1.32 bits per heavy atom. The first-order valence-corrected chi connectivity index (χ1v) is 11.9. The number of carbonyl (C=O) groups is 2. The van der Waals surface area contributed by atoms with Crippen molar-refractivity contribution in [1.29, 1.82) is 5.26 Å². The van der Waals surface area contributed by atoms with Gasteiger partial charge in [-0.15, -0.1) is 0 Å². The van der Waals surface area contributed by atoms with Gasteiger partial charge in [-0.2, -0.15) is 5.26 Å². The van der Waals surface area contributed by atoms with Crippen molar-refractivity contribution in [2.75, 3.05) is 26.2 Å². The Kier molecular flexibility index (Phi) is 10.4. The number of carbonyl (C=O) groups excluding carboxylic acids is 2. The average Bonchev–Trinajstić information content (AvgIpc) is 3.39. The molecule has 0 spiro atoms. The largest absolute Gasteiger partial charge is 0.475 e. The SMILES string of the molecule is C.CC(C)(C=C(C#N)C(=O)N1C[C@@H](F)[C@@H](OC(=O)N[C@@H](Cc2ccccc2)B(O)O)C1)N1CCC(F)(F)C1. The predicted octanol–water partition coefficient (Wildman–Crippen LogP) is 2.09. The van der Waals surface area contributed by atoms with Gasteiger partial charge in [-0.1, -0.05) is 37.8 Å². The molecule has 0 unspecified atom stereocenters. The highest BCUT2D eigenvalue weighted by molar-refractivity contribution is 6.43. The number of hydrogen-bond donors (Lipinski definition) is 3. The number of nitriles is 1. The summed E-state index contributed by atoms with van der Waals surface area (Å²) >= 11 is 0. The van der Waals surface area contributed by atoms with Crippen LogP contribution in [-0.2, 0) is 16.0 Å². The summed E-state index contributed by atoms with van der Waals surface area (Å²) in [6, 6.07) is 10.5. The van der Waals surface area contributed by atoms with Gasteiger partial charge in [0.1, 0.15) is 11.6 Å². The number of alkyl carbamates (subject to hydrolysis) is 1. The van der Waals surface area contributed by atoms with Gasteiger partial charge in [0.25, 0.3) is 11.8 Å². The fraction of sp³-hybridized carbons (Fsp3) is 0.560. The minimum absolute atomic E-state index is 0. The van der Waals surface area contributed by atoms with Crippen LogP contribution in [0, 0.1) is 11.3 Å². The van der Waals surface area contributed by atoms with Crippen LogP contribution in [0.15, 0.2) is 42.0 Å². The van der Waals surface area contributed by atoms with E-state index in [1.807, 2.05) is 0 Å². The van der Waals surface area contributed by atoms with Gasteiger partial charge in [-0.3, -0.25) is 9.69 Å². The van der Waals surface area contributed by atoms with Crippen molar-refractivity contribution in [2.45, 2.75) is 63.8 Å². The molecule has 2 fully saturated rings. The molecule has 38 heavy (non-hydrogen) atoms. The molecule has 9 nitrogen and oxygen atoms in total. The number of alkyl halides is 3. The highest BCUT2D eigenvalue weighted by atomic mass is 19.3. The summed E-state index contributed by atoms with van der Waals surface area (Å²) in [5, 5.41) is 31.1. The molecule has 2 saturated heterocycles. The van der Waals surface area contributed by atoms with Gasteiger partial charge in [-0.05, 0) is 31.9 Å². The van der Waals surface area contributed by atoms with E-state index >= 15 is 0 Å². The summed E-state index contributed by atoms with van der Waals surface area (Å²) in [7, 11) is -1.90. The molecule has 1 aromatic rings. The summed E-state index contributed by atoms with van der Waals surface area (Å²) in [6.45, 7) is 2.04. The number of likely N-dealkylation sites (tertiary alicyclic amines) is 2. The van der Waals surface area contributed by atoms with E-state index in [0.29, 0.717) is 0 Å². The molecule has 0 radical (unpaired) electrons. The lowest BCUT2D eigenvalue weighted by Crippen LogP contribution is -2.49. The van der Waals surface area contributed by atoms with Crippen LogP contribution in [0.4, 0.5) is 18.0 Å². The van der Waals surface area contributed by atoms with Crippen LogP contribution in [0.25, 0.3) is 0 Å². The molecule has 2 aliphatic heterocycles. The highest BCUT2D eigenvalue weighted by Crippen LogP contribution is 2.33. The molecule has 2 amide bonds. The first-order chi connectivity index (χ1) is 17.3. The Bertz CT molecular complexity index is 1050. The Hall–Kier alpha value is -3.08. The third-order valence-corrected chi connectivity index (χ3v) is 6.54. The smallest absolute Gasteiger partial charge is 0.441 e. The molecule has 0 aliphatic carbocycles. The molecule has 0 aromatic heterocycles. The van der Waals surface area contributed by atoms with Crippen LogP contribution < -0.4 is 5.32 Å². The lowest BCUT2D eigenvalue weighted by atomic mass is 9.76. The highest BCUT2D eigenvalue weighted by Gasteiger charge is 2.44. The number of hydrogen-bond acceptors (Lipinski definition) is 7. The van der Waals surface area contributed by atoms with Gasteiger partial charge in [0.15, 0.2) is 12.3 Å². The van der Waals surface area contributed by atoms with Gasteiger partial charge in [0, 0.05) is 18.5 Å². The van der Waals surface area contributed by atoms with Gasteiger partial charge in [0.05, 0.1) is 25.6 Å². The van der Waals surface area contributed by atoms with E-state index in [9.17, 15) is 38.1 Å². The monoisotopic (exact) mass is 538 g/mol. The molecule has 13 heteroatoms. The number of amides is 2. The maximum atomic E-state index is 14.6. The first kappa shape index (κ1) is 31.1. The lowest BCUT2D eigenvalue weighted by Gasteiger charge is -2.33. The van der Waals surface area contributed by atoms with E-state index in [1.165, 1.54) is 11.0 Å². The van der Waals surface area contributed by atoms with E-state index in [-0.39, 0.29) is 38.9 Å². The molecule has 2 heterocycles. The zero-order chi connectivity index (χ0) is 27.4. The van der Waals surface area contributed by atoms with Crippen molar-refractivity contribution in [1.82, 2.24) is 15.1 Å². The molecule has 0 bridgehead atoms. The summed E-state index contributed by atoms with van der Waals surface area (Å²) in [5.41, 5.74) is -0.633. The van der Waals surface area contributed by atoms with Gasteiger partial charge < -0.3 is 25.0 Å². The van der Waals surface area contributed by atoms with Crippen LogP contribution in [0.2, 0.25) is 0 Å². The first-order valence-electron chi connectivity index (χ1n) is 11.9. The third kappa shape index (κ3) is 7.96. The van der Waals surface area contributed by atoms with Crippen LogP contribution in [-0.4, -0.2) is 94.8 Å². The van der Waals surface area contributed by atoms with Gasteiger partial charge in [0.2, 0.25) is 0 Å². The Morgan fingerprint density at radius 3 is 2.53 bits per heavy atom. The van der Waals surface area contributed by atoms with Crippen LogP contribution >= 0.6 is 0 Å². The molecular formula is C25H34BF3N4O5. The van der Waals surface area contributed by atoms with Gasteiger partial charge in [-0.25, -0.2) is 18.0 Å². The second kappa shape index (κ2) is 12.6. The average molecular weight is 538 g/mol. The van der Waals surface area contributed by atoms with E-state index in [4.69, 9.17) is 4.74 Å². The summed E-state index contributed by atoms with van der Waals surface area (Å²) < 4.78 is 47.1. The standard InChI is InChI=1S/C24H30BF3N4O5.CH4/c1-23(2,32-9-8-24(27,28)15-32)11-17(12-29)21(33)31-13-18(26)19(14-31)37-22(34)30-20(25(35)36)10-16-6-4-3-5-7-16;/h3-7,11,18-20,35-36H,8-10,13-15H2,1-2H3,(H,30,34);1H4/t18-,19+,20+;/m1./s1. The van der Waals surface area contributed by atoms with E-state index in [2.05, 4.69) is 5.32 Å². The number of ether oxygens (including phenoxy) is 1. The Balaban J connectivity index is 0.00000507. The number of benzene rings is 1. The molecular weight excluding hydrogens is 504 g/mol. The minimum Gasteiger partial charge on any atom is -0.441 e. The van der Waals surface area contributed by atoms with Gasteiger partial charge >= 0.3 is 13.2 Å². The maximum absolute atomic E-state index is 14.6. The number of halogens is 3. The van der Waals surface area contributed by atoms with Crippen molar-refractivity contribution in [3.05, 3.63) is 47.5 Å². The minimum atomic E-state index is -2.85. The van der Waals surface area contributed by atoms with Crippen molar-refractivity contribution >= 4 is 19.1 Å². The molecule has 2 aliphatic rings. The third-order valence-electron chi connectivity index (χ3n) is 6.54. The normalized spacial score (nSPS) is 22.3. The van der Waals surface area contributed by atoms with E-state index in [1.54, 1.807) is 50.2 Å². The molecule has 3 N–H and O–H groups in total. The van der Waals surface area contributed by atoms with Crippen molar-refractivity contribution < 1.29 is 37.5 Å². The van der Waals surface area contributed by atoms with Crippen LogP contribution in [0.1, 0.15) is 33.3 Å². The maximum Gasteiger partial charge on any atom is 0.475 e. The lowest BCUT2D eigenvalue weighted by molar-refractivity contribution is -0.126. The molecule has 3 rings (SSSR count). The molecule has 3 atom stereocenters. The Labute approximate surface area is 221 Å². The topological polar surface area (TPSA) is 126 Å². The second-order valence-corrected chi connectivity index (χ2v) is 9.88. The Morgan fingerprint density at radius 2 is 1.97 bits per heavy atom. The second-order valence-electron chi connectivity index (χ2n) is 9.88. The molecule has 0 saturated carbocycles. The number of nitrogens with zero attached hydrogens (tertiary/aromatic N) is 3. The van der Waals surface area contributed by atoms with Crippen molar-refractivity contribution in [3.63, 3.8) is 0 Å². The zero-order valence-corrected chi connectivity index (χ0v) is 20.6. The zero-order valence-electron chi connectivity index (χ0n) is 20.6. The summed E-state index contributed by atoms with van der Waals surface area (Å²) in [6.07, 6.45) is -3.13. The number of nitrogens with one attached hydrogen (secondary N) is 1. The molecule has 208 valence electrons. The van der Waals surface area contributed by atoms with Crippen LogP contribution in [0.3, 0.4) is 0 Å². The van der Waals surface area contributed by atoms with Crippen LogP contribution in [0.5, 0.6) is 0 Å².